The van der Waals surface area contributed by atoms with Crippen molar-refractivity contribution in [3.8, 4) is 16.9 Å². The van der Waals surface area contributed by atoms with Crippen LogP contribution in [-0.4, -0.2) is 46.5 Å². The molecule has 1 saturated heterocycles. The molecule has 1 fully saturated rings. The van der Waals surface area contributed by atoms with Gasteiger partial charge in [0.05, 0.1) is 17.3 Å². The number of amides is 1. The van der Waals surface area contributed by atoms with Gasteiger partial charge in [0.1, 0.15) is 5.82 Å². The van der Waals surface area contributed by atoms with E-state index in [9.17, 15) is 9.18 Å². The van der Waals surface area contributed by atoms with Gasteiger partial charge in [-0.3, -0.25) is 9.69 Å². The molecule has 0 bridgehead atoms. The lowest BCUT2D eigenvalue weighted by Gasteiger charge is -2.39. The van der Waals surface area contributed by atoms with Crippen LogP contribution in [0.25, 0.3) is 16.9 Å². The first kappa shape index (κ1) is 27.0. The SMILES string of the molecule is Cc1c(C(=O)N2CCN(C(c3ccccc3)c3ccccc3)CC2)cc(-c2ccc(Cl)cc2)n1-c1cccc(F)c1. The predicted octanol–water partition coefficient (Wildman–Crippen LogP) is 7.79. The maximum absolute atomic E-state index is 14.3. The summed E-state index contributed by atoms with van der Waals surface area (Å²) in [5, 5.41) is 0.632. The summed E-state index contributed by atoms with van der Waals surface area (Å²) >= 11 is 6.16. The predicted molar refractivity (Wildman–Crippen MR) is 163 cm³/mol. The summed E-state index contributed by atoms with van der Waals surface area (Å²) < 4.78 is 16.2. The molecule has 6 rings (SSSR count). The highest BCUT2D eigenvalue weighted by atomic mass is 35.5. The van der Waals surface area contributed by atoms with E-state index in [-0.39, 0.29) is 17.8 Å². The molecule has 4 nitrogen and oxygen atoms in total. The van der Waals surface area contributed by atoms with Crippen molar-refractivity contribution in [1.82, 2.24) is 14.4 Å². The van der Waals surface area contributed by atoms with Gasteiger partial charge in [-0.2, -0.15) is 0 Å². The molecule has 41 heavy (non-hydrogen) atoms. The molecule has 0 aliphatic carbocycles. The number of halogens is 2. The molecule has 0 unspecified atom stereocenters. The Kier molecular flexibility index (Phi) is 7.73. The third-order valence-corrected chi connectivity index (χ3v) is 8.13. The van der Waals surface area contributed by atoms with E-state index in [2.05, 4.69) is 53.4 Å². The Morgan fingerprint density at radius 2 is 1.37 bits per heavy atom. The van der Waals surface area contributed by atoms with Gasteiger partial charge in [-0.05, 0) is 60.0 Å². The van der Waals surface area contributed by atoms with Crippen LogP contribution < -0.4 is 0 Å². The molecule has 4 aromatic carbocycles. The van der Waals surface area contributed by atoms with E-state index in [0.717, 1.165) is 30.0 Å². The Labute approximate surface area is 245 Å². The number of benzene rings is 4. The normalized spacial score (nSPS) is 14.0. The molecule has 1 aliphatic rings. The van der Waals surface area contributed by atoms with Crippen molar-refractivity contribution in [1.29, 1.82) is 0 Å². The Balaban J connectivity index is 1.29. The smallest absolute Gasteiger partial charge is 0.255 e. The fraction of sp³-hybridized carbons (Fsp3) is 0.171. The Hall–Kier alpha value is -4.19. The quantitative estimate of drug-likeness (QED) is 0.211. The molecule has 206 valence electrons. The highest BCUT2D eigenvalue weighted by Crippen LogP contribution is 2.33. The summed E-state index contributed by atoms with van der Waals surface area (Å²) in [5.41, 5.74) is 6.28. The molecule has 1 aliphatic heterocycles. The number of hydrogen-bond acceptors (Lipinski definition) is 2. The maximum Gasteiger partial charge on any atom is 0.255 e. The van der Waals surface area contributed by atoms with Crippen LogP contribution in [-0.2, 0) is 0 Å². The number of hydrogen-bond donors (Lipinski definition) is 0. The first-order valence-corrected chi connectivity index (χ1v) is 14.2. The van der Waals surface area contributed by atoms with Crippen LogP contribution in [0.15, 0.2) is 115 Å². The minimum atomic E-state index is -0.326. The van der Waals surface area contributed by atoms with Gasteiger partial charge in [-0.1, -0.05) is 90.5 Å². The molecule has 0 N–H and O–H groups in total. The summed E-state index contributed by atoms with van der Waals surface area (Å²) in [6.07, 6.45) is 0. The van der Waals surface area contributed by atoms with E-state index in [0.29, 0.717) is 29.4 Å². The molecular weight excluding hydrogens is 533 g/mol. The number of rotatable bonds is 6. The third kappa shape index (κ3) is 5.56. The van der Waals surface area contributed by atoms with E-state index in [1.54, 1.807) is 6.07 Å². The second-order valence-corrected chi connectivity index (χ2v) is 10.8. The Morgan fingerprint density at radius 3 is 1.95 bits per heavy atom. The van der Waals surface area contributed by atoms with Crippen molar-refractivity contribution < 1.29 is 9.18 Å². The first-order valence-electron chi connectivity index (χ1n) is 13.9. The van der Waals surface area contributed by atoms with E-state index < -0.39 is 0 Å². The van der Waals surface area contributed by atoms with Crippen molar-refractivity contribution >= 4 is 17.5 Å². The molecule has 5 aromatic rings. The number of aromatic nitrogens is 1. The van der Waals surface area contributed by atoms with Crippen LogP contribution >= 0.6 is 11.6 Å². The fourth-order valence-corrected chi connectivity index (χ4v) is 5.97. The summed E-state index contributed by atoms with van der Waals surface area (Å²) in [7, 11) is 0. The fourth-order valence-electron chi connectivity index (χ4n) is 5.84. The Morgan fingerprint density at radius 1 is 0.756 bits per heavy atom. The van der Waals surface area contributed by atoms with Crippen LogP contribution in [0.4, 0.5) is 4.39 Å². The van der Waals surface area contributed by atoms with Crippen molar-refractivity contribution in [3.63, 3.8) is 0 Å². The van der Waals surface area contributed by atoms with Crippen LogP contribution in [0.2, 0.25) is 5.02 Å². The van der Waals surface area contributed by atoms with Gasteiger partial charge in [0.15, 0.2) is 0 Å². The van der Waals surface area contributed by atoms with Gasteiger partial charge < -0.3 is 9.47 Å². The second kappa shape index (κ2) is 11.7. The maximum atomic E-state index is 14.3. The standard InChI is InChI=1S/C35H31ClFN3O/c1-25-32(24-33(26-15-17-29(36)18-16-26)40(25)31-14-8-13-30(37)23-31)35(41)39-21-19-38(20-22-39)34(27-9-4-2-5-10-27)28-11-6-3-7-12-28/h2-18,23-24,34H,19-22H2,1H3. The number of nitrogens with zero attached hydrogens (tertiary/aromatic N) is 3. The minimum Gasteiger partial charge on any atom is -0.336 e. The average molecular weight is 564 g/mol. The van der Waals surface area contributed by atoms with E-state index in [1.807, 2.05) is 64.9 Å². The average Bonchev–Trinajstić information content (AvgIpc) is 3.35. The van der Waals surface area contributed by atoms with E-state index in [4.69, 9.17) is 11.6 Å². The molecule has 6 heteroatoms. The molecule has 0 atom stereocenters. The minimum absolute atomic E-state index is 0.0107. The summed E-state index contributed by atoms with van der Waals surface area (Å²) in [5.74, 6) is -0.337. The van der Waals surface area contributed by atoms with Gasteiger partial charge in [0, 0.05) is 42.6 Å². The topological polar surface area (TPSA) is 28.5 Å². The third-order valence-electron chi connectivity index (χ3n) is 7.88. The van der Waals surface area contributed by atoms with E-state index in [1.165, 1.54) is 23.3 Å². The zero-order valence-electron chi connectivity index (χ0n) is 22.9. The van der Waals surface area contributed by atoms with Gasteiger partial charge in [0.2, 0.25) is 0 Å². The molecule has 0 spiro atoms. The van der Waals surface area contributed by atoms with Crippen LogP contribution in [0.1, 0.15) is 33.2 Å². The second-order valence-electron chi connectivity index (χ2n) is 10.4. The number of piperazine rings is 1. The van der Waals surface area contributed by atoms with Crippen molar-refractivity contribution in [2.75, 3.05) is 26.2 Å². The first-order chi connectivity index (χ1) is 20.0. The highest BCUT2D eigenvalue weighted by Gasteiger charge is 2.30. The monoisotopic (exact) mass is 563 g/mol. The number of carbonyl (C=O) groups is 1. The summed E-state index contributed by atoms with van der Waals surface area (Å²) in [4.78, 5) is 18.4. The van der Waals surface area contributed by atoms with Gasteiger partial charge in [-0.15, -0.1) is 0 Å². The molecule has 1 amide bonds. The van der Waals surface area contributed by atoms with Crippen molar-refractivity contribution in [2.45, 2.75) is 13.0 Å². The molecule has 1 aromatic heterocycles. The summed E-state index contributed by atoms with van der Waals surface area (Å²) in [6, 6.07) is 37.1. The molecular formula is C35H31ClFN3O. The van der Waals surface area contributed by atoms with E-state index >= 15 is 0 Å². The lowest BCUT2D eigenvalue weighted by atomic mass is 9.96. The molecule has 0 saturated carbocycles. The largest absolute Gasteiger partial charge is 0.336 e. The van der Waals surface area contributed by atoms with Gasteiger partial charge >= 0.3 is 0 Å². The molecule has 2 heterocycles. The van der Waals surface area contributed by atoms with Gasteiger partial charge in [0.25, 0.3) is 5.91 Å². The number of carbonyl (C=O) groups excluding carboxylic acids is 1. The zero-order valence-corrected chi connectivity index (χ0v) is 23.6. The summed E-state index contributed by atoms with van der Waals surface area (Å²) in [6.45, 7) is 4.68. The lowest BCUT2D eigenvalue weighted by Crippen LogP contribution is -2.50. The Bertz CT molecular complexity index is 1600. The van der Waals surface area contributed by atoms with Crippen molar-refractivity contribution in [2.24, 2.45) is 0 Å². The van der Waals surface area contributed by atoms with Crippen LogP contribution in [0.3, 0.4) is 0 Å². The molecule has 0 radical (unpaired) electrons. The van der Waals surface area contributed by atoms with Crippen LogP contribution in [0, 0.1) is 12.7 Å². The lowest BCUT2D eigenvalue weighted by molar-refractivity contribution is 0.0596. The zero-order chi connectivity index (χ0) is 28.3. The highest BCUT2D eigenvalue weighted by molar-refractivity contribution is 6.30. The van der Waals surface area contributed by atoms with Crippen molar-refractivity contribution in [3.05, 3.63) is 148 Å². The van der Waals surface area contributed by atoms with Crippen LogP contribution in [0.5, 0.6) is 0 Å². The van der Waals surface area contributed by atoms with Gasteiger partial charge in [-0.25, -0.2) is 4.39 Å².